The Bertz CT molecular complexity index is 229. The van der Waals surface area contributed by atoms with E-state index in [9.17, 15) is 0 Å². The van der Waals surface area contributed by atoms with Crippen molar-refractivity contribution in [2.45, 2.75) is 13.8 Å². The molecular weight excluding hydrogens is 114 g/mol. The van der Waals surface area contributed by atoms with Crippen molar-refractivity contribution < 1.29 is 0 Å². The molecule has 0 saturated heterocycles. The normalized spacial score (nSPS) is 16.8. The fourth-order valence-corrected chi connectivity index (χ4v) is 0.669. The van der Waals surface area contributed by atoms with E-state index in [2.05, 4.69) is 10.3 Å². The van der Waals surface area contributed by atoms with Gasteiger partial charge in [-0.2, -0.15) is 5.26 Å². The van der Waals surface area contributed by atoms with E-state index in [1.807, 2.05) is 6.07 Å². The van der Waals surface area contributed by atoms with Crippen LogP contribution < -0.4 is 5.32 Å². The Labute approximate surface area is 53.7 Å². The van der Waals surface area contributed by atoms with Crippen LogP contribution in [0.2, 0.25) is 0 Å². The van der Waals surface area contributed by atoms with E-state index in [-0.39, 0.29) is 0 Å². The Morgan fingerprint density at radius 3 is 2.33 bits per heavy atom. The van der Waals surface area contributed by atoms with Gasteiger partial charge in [-0.15, -0.1) is 0 Å². The molecule has 1 radical (unpaired) electrons. The summed E-state index contributed by atoms with van der Waals surface area (Å²) in [7, 11) is 0. The molecule has 0 aromatic rings. The minimum Gasteiger partial charge on any atom is -0.236 e. The summed E-state index contributed by atoms with van der Waals surface area (Å²) in [4.78, 5) is 3.95. The highest BCUT2D eigenvalue weighted by atomic mass is 15.1. The molecule has 0 spiro atoms. The number of amidine groups is 1. The Morgan fingerprint density at radius 2 is 2.11 bits per heavy atom. The van der Waals surface area contributed by atoms with E-state index in [0.717, 1.165) is 5.70 Å². The van der Waals surface area contributed by atoms with Crippen molar-refractivity contribution >= 4 is 5.84 Å². The SMILES string of the molecule is CC1=NC(C)=C(C#N)[N]1. The molecule has 1 aliphatic rings. The molecule has 0 aliphatic carbocycles. The van der Waals surface area contributed by atoms with Crippen molar-refractivity contribution in [3.05, 3.63) is 11.4 Å². The minimum absolute atomic E-state index is 0.438. The molecule has 1 rings (SSSR count). The number of nitriles is 1. The van der Waals surface area contributed by atoms with Crippen LogP contribution in [-0.2, 0) is 0 Å². The van der Waals surface area contributed by atoms with E-state index in [4.69, 9.17) is 5.26 Å². The third-order valence-corrected chi connectivity index (χ3v) is 1.05. The Kier molecular flexibility index (Phi) is 1.23. The fourth-order valence-electron chi connectivity index (χ4n) is 0.669. The number of rotatable bonds is 0. The fraction of sp³-hybridized carbons (Fsp3) is 0.333. The summed E-state index contributed by atoms with van der Waals surface area (Å²) in [5.41, 5.74) is 1.16. The van der Waals surface area contributed by atoms with Gasteiger partial charge in [0, 0.05) is 0 Å². The Morgan fingerprint density at radius 1 is 1.44 bits per heavy atom. The van der Waals surface area contributed by atoms with Gasteiger partial charge in [0.25, 0.3) is 0 Å². The average Bonchev–Trinajstić information content (AvgIpc) is 2.10. The van der Waals surface area contributed by atoms with Crippen molar-refractivity contribution in [3.8, 4) is 6.07 Å². The highest BCUT2D eigenvalue weighted by Crippen LogP contribution is 2.09. The van der Waals surface area contributed by atoms with Crippen LogP contribution in [0.25, 0.3) is 0 Å². The van der Waals surface area contributed by atoms with Crippen molar-refractivity contribution in [1.82, 2.24) is 5.32 Å². The van der Waals surface area contributed by atoms with Crippen LogP contribution in [0.3, 0.4) is 0 Å². The molecule has 0 atom stereocenters. The lowest BCUT2D eigenvalue weighted by molar-refractivity contribution is 1.17. The van der Waals surface area contributed by atoms with Crippen molar-refractivity contribution in [2.75, 3.05) is 0 Å². The molecule has 45 valence electrons. The number of nitrogens with zero attached hydrogens (tertiary/aromatic N) is 3. The Balaban J connectivity index is 2.87. The van der Waals surface area contributed by atoms with Gasteiger partial charge >= 0.3 is 0 Å². The van der Waals surface area contributed by atoms with E-state index < -0.39 is 0 Å². The van der Waals surface area contributed by atoms with Gasteiger partial charge in [0.1, 0.15) is 11.9 Å². The predicted molar refractivity (Wildman–Crippen MR) is 33.6 cm³/mol. The predicted octanol–water partition coefficient (Wildman–Crippen LogP) is 0.778. The van der Waals surface area contributed by atoms with E-state index >= 15 is 0 Å². The largest absolute Gasteiger partial charge is 0.236 e. The summed E-state index contributed by atoms with van der Waals surface area (Å²) in [6, 6.07) is 1.94. The molecule has 0 saturated carbocycles. The van der Waals surface area contributed by atoms with Gasteiger partial charge in [0.2, 0.25) is 0 Å². The monoisotopic (exact) mass is 120 g/mol. The molecule has 0 amide bonds. The van der Waals surface area contributed by atoms with Gasteiger partial charge in [-0.25, -0.2) is 10.3 Å². The smallest absolute Gasteiger partial charge is 0.163 e. The first kappa shape index (κ1) is 5.83. The van der Waals surface area contributed by atoms with Gasteiger partial charge in [-0.05, 0) is 13.8 Å². The first-order chi connectivity index (χ1) is 4.24. The summed E-state index contributed by atoms with van der Waals surface area (Å²) in [6.45, 7) is 3.55. The first-order valence-electron chi connectivity index (χ1n) is 2.62. The van der Waals surface area contributed by atoms with E-state index in [1.165, 1.54) is 0 Å². The molecule has 0 aromatic carbocycles. The number of aliphatic imine (C=N–C) groups is 1. The number of hydrogen-bond donors (Lipinski definition) is 0. The topological polar surface area (TPSA) is 50.2 Å². The second-order valence-corrected chi connectivity index (χ2v) is 1.82. The highest BCUT2D eigenvalue weighted by molar-refractivity contribution is 5.85. The van der Waals surface area contributed by atoms with Crippen molar-refractivity contribution in [3.63, 3.8) is 0 Å². The molecule has 1 heterocycles. The molecule has 0 fully saturated rings. The number of hydrogen-bond acceptors (Lipinski definition) is 2. The van der Waals surface area contributed by atoms with Crippen LogP contribution in [0, 0.1) is 11.3 Å². The summed E-state index contributed by atoms with van der Waals surface area (Å²) in [6.07, 6.45) is 0. The minimum atomic E-state index is 0.438. The maximum atomic E-state index is 8.38. The van der Waals surface area contributed by atoms with Gasteiger partial charge < -0.3 is 0 Å². The quantitative estimate of drug-likeness (QED) is 0.466. The van der Waals surface area contributed by atoms with Gasteiger partial charge in [-0.3, -0.25) is 0 Å². The van der Waals surface area contributed by atoms with Crippen LogP contribution >= 0.6 is 0 Å². The molecule has 0 aromatic heterocycles. The lowest BCUT2D eigenvalue weighted by Crippen LogP contribution is -2.03. The molecule has 0 bridgehead atoms. The second-order valence-electron chi connectivity index (χ2n) is 1.82. The van der Waals surface area contributed by atoms with Crippen molar-refractivity contribution in [1.29, 1.82) is 5.26 Å². The van der Waals surface area contributed by atoms with Crippen LogP contribution in [0.15, 0.2) is 16.4 Å². The average molecular weight is 120 g/mol. The lowest BCUT2D eigenvalue weighted by atomic mass is 10.4. The lowest BCUT2D eigenvalue weighted by Gasteiger charge is -1.85. The molecule has 3 nitrogen and oxygen atoms in total. The zero-order valence-corrected chi connectivity index (χ0v) is 5.34. The molecule has 9 heavy (non-hydrogen) atoms. The maximum absolute atomic E-state index is 8.38. The summed E-state index contributed by atoms with van der Waals surface area (Å²) in [5.74, 6) is 0.670. The van der Waals surface area contributed by atoms with Gasteiger partial charge in [-0.1, -0.05) is 0 Å². The third kappa shape index (κ3) is 0.918. The number of allylic oxidation sites excluding steroid dienone is 2. The van der Waals surface area contributed by atoms with E-state index in [0.29, 0.717) is 11.5 Å². The van der Waals surface area contributed by atoms with Crippen molar-refractivity contribution in [2.24, 2.45) is 4.99 Å². The summed E-state index contributed by atoms with van der Waals surface area (Å²) < 4.78 is 0. The van der Waals surface area contributed by atoms with Crippen LogP contribution in [-0.4, -0.2) is 5.84 Å². The molecule has 0 unspecified atom stereocenters. The molecule has 3 heteroatoms. The maximum Gasteiger partial charge on any atom is 0.163 e. The highest BCUT2D eigenvalue weighted by Gasteiger charge is 2.10. The third-order valence-electron chi connectivity index (χ3n) is 1.05. The second kappa shape index (κ2) is 1.90. The van der Waals surface area contributed by atoms with Gasteiger partial charge in [0.15, 0.2) is 5.70 Å². The standard InChI is InChI=1S/C6H6N3/c1-4-6(3-7)9-5(2)8-4/h1-2H3. The van der Waals surface area contributed by atoms with Crippen LogP contribution in [0.5, 0.6) is 0 Å². The summed E-state index contributed by atoms with van der Waals surface area (Å²) in [5, 5.41) is 12.2. The molecular formula is C6H6N3. The Hall–Kier alpha value is -1.30. The zero-order chi connectivity index (χ0) is 6.85. The van der Waals surface area contributed by atoms with E-state index in [1.54, 1.807) is 13.8 Å². The van der Waals surface area contributed by atoms with Crippen LogP contribution in [0.1, 0.15) is 13.8 Å². The molecule has 1 aliphatic heterocycles. The molecule has 0 N–H and O–H groups in total. The van der Waals surface area contributed by atoms with Crippen LogP contribution in [0.4, 0.5) is 0 Å². The summed E-state index contributed by atoms with van der Waals surface area (Å²) >= 11 is 0. The first-order valence-corrected chi connectivity index (χ1v) is 2.62. The zero-order valence-electron chi connectivity index (χ0n) is 5.34. The van der Waals surface area contributed by atoms with Gasteiger partial charge in [0.05, 0.1) is 5.70 Å².